The van der Waals surface area contributed by atoms with E-state index in [-0.39, 0.29) is 0 Å². The fourth-order valence-electron chi connectivity index (χ4n) is 1.82. The molecule has 0 fully saturated rings. The first-order chi connectivity index (χ1) is 8.18. The van der Waals surface area contributed by atoms with E-state index in [1.807, 2.05) is 25.1 Å². The maximum atomic E-state index is 6.08. The maximum absolute atomic E-state index is 6.08. The highest BCUT2D eigenvalue weighted by Gasteiger charge is 2.14. The van der Waals surface area contributed by atoms with Gasteiger partial charge in [-0.1, -0.05) is 11.6 Å². The van der Waals surface area contributed by atoms with Gasteiger partial charge in [0.05, 0.1) is 21.3 Å². The molecule has 3 heterocycles. The first-order valence-electron chi connectivity index (χ1n) is 5.03. The van der Waals surface area contributed by atoms with E-state index in [1.165, 1.54) is 17.7 Å². The van der Waals surface area contributed by atoms with E-state index < -0.39 is 0 Å². The number of pyridine rings is 1. The predicted octanol–water partition coefficient (Wildman–Crippen LogP) is 2.96. The Morgan fingerprint density at radius 3 is 2.82 bits per heavy atom. The molecule has 0 spiro atoms. The summed E-state index contributed by atoms with van der Waals surface area (Å²) in [5.74, 6) is 0. The fourth-order valence-corrected chi connectivity index (χ4v) is 3.07. The molecule has 0 aliphatic heterocycles. The van der Waals surface area contributed by atoms with Gasteiger partial charge in [0.15, 0.2) is 0 Å². The number of thiophene rings is 1. The monoisotopic (exact) mass is 264 g/mol. The van der Waals surface area contributed by atoms with Crippen LogP contribution >= 0.6 is 22.9 Å². The molecule has 3 aromatic rings. The van der Waals surface area contributed by atoms with Crippen molar-refractivity contribution in [2.24, 2.45) is 0 Å². The van der Waals surface area contributed by atoms with Gasteiger partial charge in [0.25, 0.3) is 0 Å². The van der Waals surface area contributed by atoms with Gasteiger partial charge < -0.3 is 4.90 Å². The number of anilines is 1. The van der Waals surface area contributed by atoms with Crippen LogP contribution in [0.1, 0.15) is 0 Å². The molecule has 0 aromatic carbocycles. The molecule has 6 heteroatoms. The number of rotatable bonds is 1. The van der Waals surface area contributed by atoms with Crippen LogP contribution in [0.15, 0.2) is 18.6 Å². The summed E-state index contributed by atoms with van der Waals surface area (Å²) in [4.78, 5) is 15.7. The Morgan fingerprint density at radius 2 is 2.06 bits per heavy atom. The lowest BCUT2D eigenvalue weighted by molar-refractivity contribution is 1.14. The topological polar surface area (TPSA) is 41.9 Å². The number of nitrogens with zero attached hydrogens (tertiary/aromatic N) is 4. The third-order valence-electron chi connectivity index (χ3n) is 2.57. The zero-order chi connectivity index (χ0) is 12.0. The van der Waals surface area contributed by atoms with Crippen molar-refractivity contribution < 1.29 is 0 Å². The Kier molecular flexibility index (Phi) is 2.38. The van der Waals surface area contributed by atoms with Crippen LogP contribution in [0.5, 0.6) is 0 Å². The van der Waals surface area contributed by atoms with Gasteiger partial charge in [0.1, 0.15) is 16.3 Å². The van der Waals surface area contributed by atoms with Crippen molar-refractivity contribution >= 4 is 49.1 Å². The van der Waals surface area contributed by atoms with E-state index >= 15 is 0 Å². The number of fused-ring (bicyclic) bond motifs is 3. The Hall–Kier alpha value is -1.46. The largest absolute Gasteiger partial charge is 0.377 e. The molecule has 0 bridgehead atoms. The summed E-state index contributed by atoms with van der Waals surface area (Å²) in [6.45, 7) is 0. The maximum Gasteiger partial charge on any atom is 0.150 e. The van der Waals surface area contributed by atoms with Gasteiger partial charge in [0, 0.05) is 20.3 Å². The van der Waals surface area contributed by atoms with Gasteiger partial charge in [-0.3, -0.25) is 0 Å². The lowest BCUT2D eigenvalue weighted by atomic mass is 10.2. The third kappa shape index (κ3) is 1.54. The summed E-state index contributed by atoms with van der Waals surface area (Å²) in [6.07, 6.45) is 3.29. The summed E-state index contributed by atoms with van der Waals surface area (Å²) in [5, 5.41) is 1.53. The van der Waals surface area contributed by atoms with Crippen molar-refractivity contribution in [3.63, 3.8) is 0 Å². The van der Waals surface area contributed by atoms with Gasteiger partial charge >= 0.3 is 0 Å². The average molecular weight is 265 g/mol. The first-order valence-corrected chi connectivity index (χ1v) is 6.23. The van der Waals surface area contributed by atoms with Gasteiger partial charge in [-0.05, 0) is 6.07 Å². The predicted molar refractivity (Wildman–Crippen MR) is 72.1 cm³/mol. The van der Waals surface area contributed by atoms with E-state index in [2.05, 4.69) is 15.0 Å². The van der Waals surface area contributed by atoms with E-state index in [9.17, 15) is 0 Å². The molecule has 0 N–H and O–H groups in total. The summed E-state index contributed by atoms with van der Waals surface area (Å²) in [7, 11) is 4.00. The van der Waals surface area contributed by atoms with Crippen LogP contribution in [0.3, 0.4) is 0 Å². The van der Waals surface area contributed by atoms with E-state index in [4.69, 9.17) is 11.6 Å². The van der Waals surface area contributed by atoms with Crippen LogP contribution < -0.4 is 4.90 Å². The van der Waals surface area contributed by atoms with Crippen molar-refractivity contribution in [3.05, 3.63) is 23.7 Å². The molecule has 0 saturated heterocycles. The molecule has 0 aliphatic rings. The highest BCUT2D eigenvalue weighted by atomic mass is 35.5. The smallest absolute Gasteiger partial charge is 0.150 e. The van der Waals surface area contributed by atoms with Crippen LogP contribution in [0.2, 0.25) is 5.15 Å². The van der Waals surface area contributed by atoms with E-state index in [0.29, 0.717) is 5.15 Å². The van der Waals surface area contributed by atoms with Gasteiger partial charge in [-0.2, -0.15) is 0 Å². The Labute approximate surface area is 107 Å². The summed E-state index contributed by atoms with van der Waals surface area (Å²) in [6, 6.07) is 1.98. The zero-order valence-corrected chi connectivity index (χ0v) is 10.9. The quantitative estimate of drug-likeness (QED) is 0.634. The molecule has 86 valence electrons. The van der Waals surface area contributed by atoms with Crippen molar-refractivity contribution in [3.8, 4) is 0 Å². The highest BCUT2D eigenvalue weighted by Crippen LogP contribution is 2.38. The first kappa shape index (κ1) is 10.7. The Balaban J connectivity index is 2.54. The SMILES string of the molecule is CN(C)c1ccnc2sc3c(Cl)ncnc3c12. The summed E-state index contributed by atoms with van der Waals surface area (Å²) < 4.78 is 0.894. The molecule has 0 amide bonds. The highest BCUT2D eigenvalue weighted by molar-refractivity contribution is 7.26. The van der Waals surface area contributed by atoms with Crippen LogP contribution in [-0.2, 0) is 0 Å². The van der Waals surface area contributed by atoms with Gasteiger partial charge in [0.2, 0.25) is 0 Å². The Bertz CT molecular complexity index is 707. The minimum Gasteiger partial charge on any atom is -0.377 e. The second kappa shape index (κ2) is 3.78. The van der Waals surface area contributed by atoms with Crippen LogP contribution in [0, 0.1) is 0 Å². The molecule has 4 nitrogen and oxygen atoms in total. The van der Waals surface area contributed by atoms with Crippen molar-refractivity contribution in [1.82, 2.24) is 15.0 Å². The lowest BCUT2D eigenvalue weighted by Crippen LogP contribution is -2.08. The molecule has 0 aliphatic carbocycles. The number of hydrogen-bond donors (Lipinski definition) is 0. The van der Waals surface area contributed by atoms with Crippen LogP contribution in [0.25, 0.3) is 20.4 Å². The fraction of sp³-hybridized carbons (Fsp3) is 0.182. The van der Waals surface area contributed by atoms with Gasteiger partial charge in [-0.25, -0.2) is 15.0 Å². The zero-order valence-electron chi connectivity index (χ0n) is 9.31. The van der Waals surface area contributed by atoms with Crippen molar-refractivity contribution in [2.75, 3.05) is 19.0 Å². The number of hydrogen-bond acceptors (Lipinski definition) is 5. The van der Waals surface area contributed by atoms with E-state index in [0.717, 1.165) is 26.1 Å². The number of aromatic nitrogens is 3. The van der Waals surface area contributed by atoms with Crippen LogP contribution in [0.4, 0.5) is 5.69 Å². The normalized spacial score (nSPS) is 11.2. The Morgan fingerprint density at radius 1 is 1.24 bits per heavy atom. The molecule has 3 rings (SSSR count). The summed E-state index contributed by atoms with van der Waals surface area (Å²) >= 11 is 7.60. The minimum atomic E-state index is 0.489. The molecule has 0 atom stereocenters. The molecular weight excluding hydrogens is 256 g/mol. The summed E-state index contributed by atoms with van der Waals surface area (Å²) in [5.41, 5.74) is 1.97. The second-order valence-electron chi connectivity index (χ2n) is 3.85. The standard InChI is InChI=1S/C11H9ClN4S/c1-16(2)6-3-4-13-11-7(6)8-9(17-11)10(12)15-5-14-8/h3-5H,1-2H3. The molecule has 0 radical (unpaired) electrons. The molecule has 0 unspecified atom stereocenters. The molecule has 17 heavy (non-hydrogen) atoms. The minimum absolute atomic E-state index is 0.489. The number of halogens is 1. The third-order valence-corrected chi connectivity index (χ3v) is 4.06. The van der Waals surface area contributed by atoms with Crippen molar-refractivity contribution in [1.29, 1.82) is 0 Å². The molecular formula is C11H9ClN4S. The average Bonchev–Trinajstić information content (AvgIpc) is 2.69. The lowest BCUT2D eigenvalue weighted by Gasteiger charge is -2.12. The second-order valence-corrected chi connectivity index (χ2v) is 5.21. The van der Waals surface area contributed by atoms with Gasteiger partial charge in [-0.15, -0.1) is 11.3 Å². The van der Waals surface area contributed by atoms with Crippen LogP contribution in [-0.4, -0.2) is 29.0 Å². The molecule has 3 aromatic heterocycles. The van der Waals surface area contributed by atoms with Crippen molar-refractivity contribution in [2.45, 2.75) is 0 Å². The van der Waals surface area contributed by atoms with E-state index in [1.54, 1.807) is 6.20 Å². The molecule has 0 saturated carbocycles.